The van der Waals surface area contributed by atoms with Crippen molar-refractivity contribution in [3.8, 4) is 5.75 Å². The molecule has 0 saturated carbocycles. The van der Waals surface area contributed by atoms with Gasteiger partial charge in [0.15, 0.2) is 0 Å². The van der Waals surface area contributed by atoms with Crippen LogP contribution in [-0.4, -0.2) is 15.0 Å². The number of hydrogen-bond donors (Lipinski definition) is 1. The van der Waals surface area contributed by atoms with Crippen LogP contribution in [0.2, 0.25) is 5.02 Å². The fourth-order valence-corrected chi connectivity index (χ4v) is 2.38. The van der Waals surface area contributed by atoms with Crippen molar-refractivity contribution in [3.63, 3.8) is 0 Å². The summed E-state index contributed by atoms with van der Waals surface area (Å²) in [4.78, 5) is 14.7. The number of phenolic OH excluding ortho intramolecular Hbond substituents is 1. The molecular weight excluding hydrogens is 316 g/mol. The lowest BCUT2D eigenvalue weighted by Crippen LogP contribution is -1.89. The first-order chi connectivity index (χ1) is 11.0. The fourth-order valence-electron chi connectivity index (χ4n) is 2.19. The van der Waals surface area contributed by atoms with Crippen LogP contribution in [0.5, 0.6) is 5.75 Å². The van der Waals surface area contributed by atoms with E-state index in [2.05, 4.69) is 4.98 Å². The van der Waals surface area contributed by atoms with Gasteiger partial charge >= 0.3 is 0 Å². The van der Waals surface area contributed by atoms with Crippen LogP contribution in [0.25, 0.3) is 23.1 Å². The Balaban J connectivity index is 1.95. The number of rotatable bonds is 3. The summed E-state index contributed by atoms with van der Waals surface area (Å²) in [5, 5.41) is 21.7. The van der Waals surface area contributed by atoms with Gasteiger partial charge in [-0.2, -0.15) is 0 Å². The minimum Gasteiger partial charge on any atom is -0.506 e. The summed E-state index contributed by atoms with van der Waals surface area (Å²) in [6.07, 6.45) is 3.43. The van der Waals surface area contributed by atoms with E-state index in [1.807, 2.05) is 18.2 Å². The molecule has 0 bridgehead atoms. The molecule has 2 aromatic carbocycles. The summed E-state index contributed by atoms with van der Waals surface area (Å²) in [7, 11) is 0. The molecule has 1 N–H and O–H groups in total. The van der Waals surface area contributed by atoms with Gasteiger partial charge in [-0.25, -0.2) is 4.98 Å². The molecule has 23 heavy (non-hydrogen) atoms. The molecule has 0 aliphatic heterocycles. The number of aromatic hydroxyl groups is 1. The van der Waals surface area contributed by atoms with Gasteiger partial charge in [-0.3, -0.25) is 10.1 Å². The van der Waals surface area contributed by atoms with Crippen molar-refractivity contribution in [2.75, 3.05) is 0 Å². The highest BCUT2D eigenvalue weighted by atomic mass is 35.5. The molecule has 0 radical (unpaired) electrons. The number of para-hydroxylation sites is 1. The first kappa shape index (κ1) is 15.0. The number of phenols is 1. The number of halogens is 1. The Kier molecular flexibility index (Phi) is 3.95. The van der Waals surface area contributed by atoms with Crippen molar-refractivity contribution in [2.45, 2.75) is 0 Å². The molecule has 3 rings (SSSR count). The van der Waals surface area contributed by atoms with E-state index in [4.69, 9.17) is 11.6 Å². The van der Waals surface area contributed by atoms with Crippen LogP contribution in [-0.2, 0) is 0 Å². The number of fused-ring (bicyclic) bond motifs is 1. The Hall–Kier alpha value is -2.92. The lowest BCUT2D eigenvalue weighted by atomic mass is 10.1. The molecule has 3 aromatic rings. The molecule has 0 amide bonds. The van der Waals surface area contributed by atoms with E-state index in [1.54, 1.807) is 30.4 Å². The van der Waals surface area contributed by atoms with Gasteiger partial charge in [0.05, 0.1) is 10.6 Å². The van der Waals surface area contributed by atoms with Gasteiger partial charge in [-0.1, -0.05) is 41.9 Å². The summed E-state index contributed by atoms with van der Waals surface area (Å²) in [5.74, 6) is 0.111. The molecule has 0 aliphatic carbocycles. The Labute approximate surface area is 136 Å². The summed E-state index contributed by atoms with van der Waals surface area (Å²) in [6.45, 7) is 0. The normalized spacial score (nSPS) is 11.2. The Morgan fingerprint density at radius 2 is 1.96 bits per heavy atom. The third-order valence-corrected chi connectivity index (χ3v) is 3.65. The molecule has 5 nitrogen and oxygen atoms in total. The highest BCUT2D eigenvalue weighted by Crippen LogP contribution is 2.26. The number of nitro benzene ring substituents is 1. The van der Waals surface area contributed by atoms with Gasteiger partial charge in [0.2, 0.25) is 0 Å². The monoisotopic (exact) mass is 326 g/mol. The number of nitro groups is 1. The zero-order chi connectivity index (χ0) is 16.4. The molecule has 0 aliphatic rings. The lowest BCUT2D eigenvalue weighted by Gasteiger charge is -2.01. The second-order valence-corrected chi connectivity index (χ2v) is 5.29. The Morgan fingerprint density at radius 3 is 2.74 bits per heavy atom. The van der Waals surface area contributed by atoms with Gasteiger partial charge in [0.25, 0.3) is 5.69 Å². The van der Waals surface area contributed by atoms with Gasteiger partial charge < -0.3 is 5.11 Å². The molecule has 0 fully saturated rings. The zero-order valence-corrected chi connectivity index (χ0v) is 12.6. The molecule has 6 heteroatoms. The molecule has 1 heterocycles. The minimum absolute atomic E-state index is 0.0981. The minimum atomic E-state index is -0.522. The number of aromatic nitrogens is 1. The van der Waals surface area contributed by atoms with Crippen molar-refractivity contribution in [1.82, 2.24) is 4.98 Å². The molecule has 0 unspecified atom stereocenters. The summed E-state index contributed by atoms with van der Waals surface area (Å²) < 4.78 is 0. The van der Waals surface area contributed by atoms with E-state index in [-0.39, 0.29) is 16.5 Å². The number of benzene rings is 2. The third-order valence-electron chi connectivity index (χ3n) is 3.33. The maximum atomic E-state index is 10.9. The quantitative estimate of drug-likeness (QED) is 0.560. The lowest BCUT2D eigenvalue weighted by molar-refractivity contribution is -0.384. The van der Waals surface area contributed by atoms with Crippen molar-refractivity contribution >= 4 is 40.3 Å². The van der Waals surface area contributed by atoms with Gasteiger partial charge in [0.1, 0.15) is 16.3 Å². The van der Waals surface area contributed by atoms with Crippen molar-refractivity contribution < 1.29 is 10.0 Å². The summed E-state index contributed by atoms with van der Waals surface area (Å²) >= 11 is 5.79. The van der Waals surface area contributed by atoms with Crippen LogP contribution < -0.4 is 0 Å². The number of pyridine rings is 1. The van der Waals surface area contributed by atoms with Gasteiger partial charge in [-0.15, -0.1) is 0 Å². The van der Waals surface area contributed by atoms with E-state index < -0.39 is 4.92 Å². The molecule has 114 valence electrons. The SMILES string of the molecule is O=[N+]([O-])c1cc(C=Cc2ccc3cccc(O)c3n2)ccc1Cl. The Bertz CT molecular complexity index is 938. The first-order valence-electron chi connectivity index (χ1n) is 6.75. The van der Waals surface area contributed by atoms with E-state index in [1.165, 1.54) is 12.1 Å². The fraction of sp³-hybridized carbons (Fsp3) is 0. The van der Waals surface area contributed by atoms with E-state index in [0.717, 1.165) is 5.39 Å². The predicted octanol–water partition coefficient (Wildman–Crippen LogP) is 4.67. The maximum Gasteiger partial charge on any atom is 0.288 e. The third kappa shape index (κ3) is 3.14. The highest BCUT2D eigenvalue weighted by Gasteiger charge is 2.11. The van der Waals surface area contributed by atoms with Crippen LogP contribution in [0, 0.1) is 10.1 Å². The van der Waals surface area contributed by atoms with Crippen LogP contribution in [0.1, 0.15) is 11.3 Å². The van der Waals surface area contributed by atoms with Crippen LogP contribution >= 0.6 is 11.6 Å². The molecule has 0 saturated heterocycles. The van der Waals surface area contributed by atoms with Gasteiger partial charge in [0, 0.05) is 11.5 Å². The molecule has 1 aromatic heterocycles. The summed E-state index contributed by atoms with van der Waals surface area (Å²) in [6, 6.07) is 13.4. The van der Waals surface area contributed by atoms with E-state index >= 15 is 0 Å². The average Bonchev–Trinajstić information content (AvgIpc) is 2.54. The predicted molar refractivity (Wildman–Crippen MR) is 90.4 cm³/mol. The molecule has 0 spiro atoms. The number of hydrogen-bond acceptors (Lipinski definition) is 4. The molecule has 0 atom stereocenters. The smallest absolute Gasteiger partial charge is 0.288 e. The first-order valence-corrected chi connectivity index (χ1v) is 7.13. The largest absolute Gasteiger partial charge is 0.506 e. The maximum absolute atomic E-state index is 10.9. The molecular formula is C17H11ClN2O3. The Morgan fingerprint density at radius 1 is 1.13 bits per heavy atom. The standard InChI is InChI=1S/C17H11ClN2O3/c18-14-9-5-11(10-15(14)20(22)23)4-7-13-8-6-12-2-1-3-16(21)17(12)19-13/h1-10,21H. The van der Waals surface area contributed by atoms with Crippen molar-refractivity contribution in [3.05, 3.63) is 74.9 Å². The van der Waals surface area contributed by atoms with E-state index in [9.17, 15) is 15.2 Å². The zero-order valence-electron chi connectivity index (χ0n) is 11.8. The second kappa shape index (κ2) is 6.06. The van der Waals surface area contributed by atoms with Crippen LogP contribution in [0.4, 0.5) is 5.69 Å². The highest BCUT2D eigenvalue weighted by molar-refractivity contribution is 6.32. The van der Waals surface area contributed by atoms with E-state index in [0.29, 0.717) is 16.8 Å². The van der Waals surface area contributed by atoms with Crippen molar-refractivity contribution in [2.24, 2.45) is 0 Å². The van der Waals surface area contributed by atoms with Crippen molar-refractivity contribution in [1.29, 1.82) is 0 Å². The topological polar surface area (TPSA) is 76.3 Å². The average molecular weight is 327 g/mol. The summed E-state index contributed by atoms with van der Waals surface area (Å²) in [5.41, 5.74) is 1.64. The van der Waals surface area contributed by atoms with Crippen LogP contribution in [0.15, 0.2) is 48.5 Å². The number of nitrogens with zero attached hydrogens (tertiary/aromatic N) is 2. The van der Waals surface area contributed by atoms with Gasteiger partial charge in [-0.05, 0) is 29.8 Å². The second-order valence-electron chi connectivity index (χ2n) is 4.89. The van der Waals surface area contributed by atoms with Crippen LogP contribution in [0.3, 0.4) is 0 Å².